The summed E-state index contributed by atoms with van der Waals surface area (Å²) in [7, 11) is 0. The minimum Gasteiger partial charge on any atom is -0.444 e. The van der Waals surface area contributed by atoms with Gasteiger partial charge < -0.3 is 19.3 Å². The fourth-order valence-electron chi connectivity index (χ4n) is 4.69. The lowest BCUT2D eigenvalue weighted by molar-refractivity contribution is -0.00247. The van der Waals surface area contributed by atoms with Gasteiger partial charge in [0.05, 0.1) is 12.7 Å². The summed E-state index contributed by atoms with van der Waals surface area (Å²) in [6.45, 7) is 6.10. The molecule has 210 valence electrons. The molecule has 0 aliphatic carbocycles. The number of hydrogen-bond donors (Lipinski definition) is 1. The normalized spacial score (nSPS) is 16.9. The van der Waals surface area contributed by atoms with Crippen molar-refractivity contribution in [2.45, 2.75) is 64.5 Å². The first-order valence-corrected chi connectivity index (χ1v) is 12.7. The Morgan fingerprint density at radius 3 is 2.67 bits per heavy atom. The molecule has 2 N–H and O–H groups in total. The lowest BCUT2D eigenvalue weighted by Gasteiger charge is -2.28. The number of imidazole rings is 1. The minimum absolute atomic E-state index is 0.0220. The quantitative estimate of drug-likeness (QED) is 0.328. The van der Waals surface area contributed by atoms with Crippen LogP contribution in [-0.4, -0.2) is 65.2 Å². The lowest BCUT2D eigenvalue weighted by atomic mass is 10.0. The number of fused-ring (bicyclic) bond motifs is 1. The Morgan fingerprint density at radius 1 is 1.20 bits per heavy atom. The molecule has 4 aromatic rings. The number of nitrogens with two attached hydrogens (primary N) is 1. The van der Waals surface area contributed by atoms with Crippen LogP contribution in [0.2, 0.25) is 0 Å². The second-order valence-corrected chi connectivity index (χ2v) is 10.8. The van der Waals surface area contributed by atoms with Gasteiger partial charge in [0.25, 0.3) is 5.92 Å². The number of nitrogen functional groups attached to an aromatic ring is 1. The van der Waals surface area contributed by atoms with E-state index in [1.54, 1.807) is 45.3 Å². The highest BCUT2D eigenvalue weighted by Crippen LogP contribution is 2.36. The van der Waals surface area contributed by atoms with Gasteiger partial charge in [-0.15, -0.1) is 0 Å². The Labute approximate surface area is 228 Å². The number of aromatic nitrogens is 5. The number of likely N-dealkylation sites (tertiary alicyclic amines) is 1. The van der Waals surface area contributed by atoms with Gasteiger partial charge in [-0.2, -0.15) is 0 Å². The third kappa shape index (κ3) is 5.49. The number of oxazole rings is 1. The van der Waals surface area contributed by atoms with Crippen molar-refractivity contribution in [3.8, 4) is 22.8 Å². The van der Waals surface area contributed by atoms with Crippen LogP contribution in [-0.2, 0) is 4.74 Å². The van der Waals surface area contributed by atoms with Crippen LogP contribution in [0.4, 0.5) is 19.4 Å². The van der Waals surface area contributed by atoms with Crippen molar-refractivity contribution in [3.05, 3.63) is 48.4 Å². The molecule has 0 bridgehead atoms. The highest BCUT2D eigenvalue weighted by molar-refractivity contribution is 5.99. The van der Waals surface area contributed by atoms with Gasteiger partial charge in [-0.05, 0) is 46.2 Å². The molecule has 13 heteroatoms. The summed E-state index contributed by atoms with van der Waals surface area (Å²) >= 11 is 0. The Balaban J connectivity index is 1.44. The third-order valence-electron chi connectivity index (χ3n) is 6.50. The van der Waals surface area contributed by atoms with Crippen molar-refractivity contribution in [3.63, 3.8) is 0 Å². The average molecular weight is 554 g/mol. The monoisotopic (exact) mass is 553 g/mol. The second kappa shape index (κ2) is 9.96. The number of anilines is 1. The predicted molar refractivity (Wildman–Crippen MR) is 141 cm³/mol. The minimum atomic E-state index is -3.08. The van der Waals surface area contributed by atoms with Crippen LogP contribution in [0.3, 0.4) is 0 Å². The molecular formula is C27H29F2N7O4. The molecule has 1 fully saturated rings. The fourth-order valence-corrected chi connectivity index (χ4v) is 4.69. The number of hydrogen-bond acceptors (Lipinski definition) is 9. The molecule has 1 aliphatic rings. The molecule has 5 heterocycles. The van der Waals surface area contributed by atoms with E-state index in [4.69, 9.17) is 14.9 Å². The van der Waals surface area contributed by atoms with E-state index in [1.807, 2.05) is 11.3 Å². The summed E-state index contributed by atoms with van der Waals surface area (Å²) in [6, 6.07) is 2.69. The molecule has 1 aliphatic heterocycles. The number of carbonyl (C=O) groups excluding carboxylic acids is 2. The Kier molecular flexibility index (Phi) is 6.76. The van der Waals surface area contributed by atoms with Crippen LogP contribution >= 0.6 is 0 Å². The zero-order valence-corrected chi connectivity index (χ0v) is 22.5. The van der Waals surface area contributed by atoms with Crippen LogP contribution in [0.1, 0.15) is 56.2 Å². The van der Waals surface area contributed by atoms with Crippen LogP contribution in [0.5, 0.6) is 0 Å². The number of aryl methyl sites for hydroxylation is 1. The summed E-state index contributed by atoms with van der Waals surface area (Å²) in [6.07, 6.45) is 4.74. The van der Waals surface area contributed by atoms with Gasteiger partial charge in [-0.1, -0.05) is 0 Å². The summed E-state index contributed by atoms with van der Waals surface area (Å²) in [5.74, 6) is -3.57. The first-order valence-electron chi connectivity index (χ1n) is 12.7. The molecule has 5 rings (SSSR count). The number of alkyl halides is 2. The maximum absolute atomic E-state index is 14.3. The van der Waals surface area contributed by atoms with E-state index in [-0.39, 0.29) is 35.9 Å². The molecule has 40 heavy (non-hydrogen) atoms. The number of ether oxygens (including phenoxy) is 1. The van der Waals surface area contributed by atoms with E-state index in [1.165, 1.54) is 12.5 Å². The summed E-state index contributed by atoms with van der Waals surface area (Å²) in [5.41, 5.74) is 7.96. The molecule has 1 saturated heterocycles. The molecule has 0 unspecified atom stereocenters. The number of halogens is 2. The summed E-state index contributed by atoms with van der Waals surface area (Å²) < 4.78 is 41.2. The van der Waals surface area contributed by atoms with E-state index in [2.05, 4.69) is 19.9 Å². The van der Waals surface area contributed by atoms with Gasteiger partial charge in [0.2, 0.25) is 5.89 Å². The SMILES string of the molecule is Cc1cnc2ccc(-c3nc(C(=O)CC[C@@H]4CC(F)(F)CN4C(=O)OC(C)(C)C)c(N)nc3-c3ncco3)cn12. The van der Waals surface area contributed by atoms with Crippen molar-refractivity contribution in [2.75, 3.05) is 12.3 Å². The molecule has 1 atom stereocenters. The van der Waals surface area contributed by atoms with E-state index < -0.39 is 42.4 Å². The van der Waals surface area contributed by atoms with Crippen molar-refractivity contribution in [1.82, 2.24) is 29.2 Å². The average Bonchev–Trinajstić information content (AvgIpc) is 3.60. The van der Waals surface area contributed by atoms with Crippen LogP contribution < -0.4 is 5.73 Å². The van der Waals surface area contributed by atoms with Crippen molar-refractivity contribution >= 4 is 23.3 Å². The fraction of sp³-hybridized carbons (Fsp3) is 0.407. The predicted octanol–water partition coefficient (Wildman–Crippen LogP) is 4.94. The molecule has 0 spiro atoms. The van der Waals surface area contributed by atoms with Crippen LogP contribution in [0.15, 0.2) is 41.4 Å². The smallest absolute Gasteiger partial charge is 0.410 e. The largest absolute Gasteiger partial charge is 0.444 e. The molecular weight excluding hydrogens is 524 g/mol. The first-order chi connectivity index (χ1) is 18.8. The molecule has 4 aromatic heterocycles. The molecule has 11 nitrogen and oxygen atoms in total. The molecule has 0 radical (unpaired) electrons. The number of nitrogens with zero attached hydrogens (tertiary/aromatic N) is 6. The van der Waals surface area contributed by atoms with Gasteiger partial charge in [-0.3, -0.25) is 9.69 Å². The molecule has 0 saturated carbocycles. The van der Waals surface area contributed by atoms with E-state index in [0.29, 0.717) is 11.3 Å². The van der Waals surface area contributed by atoms with Gasteiger partial charge >= 0.3 is 6.09 Å². The number of pyridine rings is 1. The number of Topliss-reactive ketones (excluding diaryl/α,β-unsaturated/α-hetero) is 1. The van der Waals surface area contributed by atoms with Gasteiger partial charge in [0, 0.05) is 42.5 Å². The third-order valence-corrected chi connectivity index (χ3v) is 6.50. The zero-order valence-electron chi connectivity index (χ0n) is 22.5. The summed E-state index contributed by atoms with van der Waals surface area (Å²) in [5, 5.41) is 0. The molecule has 0 aromatic carbocycles. The topological polar surface area (TPSA) is 142 Å². The number of ketones is 1. The van der Waals surface area contributed by atoms with Crippen LogP contribution in [0, 0.1) is 6.92 Å². The van der Waals surface area contributed by atoms with Gasteiger partial charge in [-0.25, -0.2) is 33.5 Å². The number of amides is 1. The second-order valence-electron chi connectivity index (χ2n) is 10.8. The maximum Gasteiger partial charge on any atom is 0.410 e. The van der Waals surface area contributed by atoms with Gasteiger partial charge in [0.1, 0.15) is 28.9 Å². The first kappa shape index (κ1) is 27.2. The lowest BCUT2D eigenvalue weighted by Crippen LogP contribution is -2.40. The van der Waals surface area contributed by atoms with Crippen molar-refractivity contribution in [1.29, 1.82) is 0 Å². The Bertz CT molecular complexity index is 1580. The van der Waals surface area contributed by atoms with Crippen molar-refractivity contribution < 1.29 is 27.5 Å². The molecule has 1 amide bonds. The zero-order chi connectivity index (χ0) is 28.8. The van der Waals surface area contributed by atoms with Gasteiger partial charge in [0.15, 0.2) is 17.3 Å². The Morgan fingerprint density at radius 2 is 1.98 bits per heavy atom. The summed E-state index contributed by atoms with van der Waals surface area (Å²) in [4.78, 5) is 44.4. The number of rotatable bonds is 6. The Hall–Kier alpha value is -4.42. The van der Waals surface area contributed by atoms with E-state index in [0.717, 1.165) is 16.2 Å². The van der Waals surface area contributed by atoms with Crippen LogP contribution in [0.25, 0.3) is 28.5 Å². The highest BCUT2D eigenvalue weighted by Gasteiger charge is 2.48. The van der Waals surface area contributed by atoms with Crippen molar-refractivity contribution in [2.24, 2.45) is 0 Å². The van der Waals surface area contributed by atoms with E-state index in [9.17, 15) is 18.4 Å². The standard InChI is InChI=1S/C27H29F2N7O4/c1-15-12-32-19-8-5-16(13-35(15)19)20-22(24-31-9-10-39-24)34-23(30)21(33-20)18(37)7-6-17-11-27(28,29)14-36(17)25(38)40-26(2,3)4/h5,8-10,12-13,17H,6-7,11,14H2,1-4H3,(H2,30,34)/t17-/m1/s1. The number of carbonyl (C=O) groups is 2. The maximum atomic E-state index is 14.3. The highest BCUT2D eigenvalue weighted by atomic mass is 19.3. The van der Waals surface area contributed by atoms with E-state index >= 15 is 0 Å².